The van der Waals surface area contributed by atoms with Gasteiger partial charge in [0.05, 0.1) is 24.6 Å². The van der Waals surface area contributed by atoms with E-state index in [1.54, 1.807) is 0 Å². The molecule has 4 heteroatoms. The van der Waals surface area contributed by atoms with Gasteiger partial charge in [0.1, 0.15) is 0 Å². The monoisotopic (exact) mass is 339 g/mol. The highest BCUT2D eigenvalue weighted by Crippen LogP contribution is 2.66. The first-order valence-electron chi connectivity index (χ1n) is 9.91. The lowest BCUT2D eigenvalue weighted by atomic mass is 9.58. The molecule has 2 aliphatic carbocycles. The summed E-state index contributed by atoms with van der Waals surface area (Å²) in [6.45, 7) is 6.18. The molecule has 1 saturated heterocycles. The molecular weight excluding hydrogens is 310 g/mol. The summed E-state index contributed by atoms with van der Waals surface area (Å²) in [6.07, 6.45) is 6.40. The Morgan fingerprint density at radius 3 is 2.60 bits per heavy atom. The van der Waals surface area contributed by atoms with Crippen molar-refractivity contribution >= 4 is 11.5 Å². The largest absolute Gasteiger partial charge is 0.399 e. The molecule has 0 radical (unpaired) electrons. The maximum Gasteiger partial charge on any atom is 0.0998 e. The Morgan fingerprint density at radius 1 is 1.12 bits per heavy atom. The number of nitrogen functional groups attached to an aromatic ring is 1. The normalized spacial score (nSPS) is 40.0. The molecular formula is C21H29N3O. The van der Waals surface area contributed by atoms with Crippen molar-refractivity contribution in [3.8, 4) is 0 Å². The van der Waals surface area contributed by atoms with Gasteiger partial charge in [0.25, 0.3) is 0 Å². The summed E-state index contributed by atoms with van der Waals surface area (Å²) in [5.41, 5.74) is 8.51. The van der Waals surface area contributed by atoms with Crippen LogP contribution >= 0.6 is 0 Å². The highest BCUT2D eigenvalue weighted by molar-refractivity contribution is 5.85. The van der Waals surface area contributed by atoms with Crippen LogP contribution in [0.4, 0.5) is 5.69 Å². The Labute approximate surface area is 150 Å². The van der Waals surface area contributed by atoms with E-state index in [2.05, 4.69) is 36.1 Å². The molecule has 1 spiro atoms. The summed E-state index contributed by atoms with van der Waals surface area (Å²) in [5.74, 6) is 2.85. The van der Waals surface area contributed by atoms with E-state index in [0.29, 0.717) is 0 Å². The topological polar surface area (TPSA) is 50.8 Å². The van der Waals surface area contributed by atoms with Crippen LogP contribution in [0.1, 0.15) is 44.6 Å². The number of anilines is 1. The average Bonchev–Trinajstić information content (AvgIpc) is 3.35. The number of nitrogens with zero attached hydrogens (tertiary/aromatic N) is 2. The molecule has 2 bridgehead atoms. The van der Waals surface area contributed by atoms with Crippen LogP contribution in [-0.4, -0.2) is 42.6 Å². The van der Waals surface area contributed by atoms with Gasteiger partial charge in [-0.25, -0.2) is 0 Å². The molecule has 1 aromatic rings. The quantitative estimate of drug-likeness (QED) is 0.799. The second kappa shape index (κ2) is 5.47. The Kier molecular flexibility index (Phi) is 3.43. The molecule has 134 valence electrons. The van der Waals surface area contributed by atoms with Crippen molar-refractivity contribution in [3.05, 3.63) is 29.8 Å². The molecule has 2 saturated carbocycles. The van der Waals surface area contributed by atoms with Crippen LogP contribution < -0.4 is 5.73 Å². The van der Waals surface area contributed by atoms with E-state index >= 15 is 0 Å². The summed E-state index contributed by atoms with van der Waals surface area (Å²) < 4.78 is 5.54. The molecule has 4 unspecified atom stereocenters. The van der Waals surface area contributed by atoms with Gasteiger partial charge in [0, 0.05) is 30.6 Å². The van der Waals surface area contributed by atoms with Gasteiger partial charge in [0.15, 0.2) is 0 Å². The second-order valence-electron chi connectivity index (χ2n) is 8.58. The summed E-state index contributed by atoms with van der Waals surface area (Å²) in [6, 6.07) is 8.67. The number of fused-ring (bicyclic) bond motifs is 3. The summed E-state index contributed by atoms with van der Waals surface area (Å²) in [5, 5.41) is 0. The van der Waals surface area contributed by atoms with Crippen molar-refractivity contribution < 1.29 is 4.74 Å². The molecule has 3 fully saturated rings. The standard InChI is InChI=1S/C21H29N3O/c1-20(15-4-6-18(22)7-5-15)16-2-3-17(14-16)21(20)9-8-19(23-21)24-10-12-25-13-11-24/h4-7,16-17H,2-3,8-14,22H2,1H3. The minimum Gasteiger partial charge on any atom is -0.399 e. The van der Waals surface area contributed by atoms with Gasteiger partial charge < -0.3 is 15.4 Å². The number of morpholine rings is 1. The summed E-state index contributed by atoms with van der Waals surface area (Å²) >= 11 is 0. The van der Waals surface area contributed by atoms with Crippen molar-refractivity contribution in [3.63, 3.8) is 0 Å². The Morgan fingerprint density at radius 2 is 1.84 bits per heavy atom. The van der Waals surface area contributed by atoms with Gasteiger partial charge >= 0.3 is 0 Å². The second-order valence-corrected chi connectivity index (χ2v) is 8.58. The number of nitrogens with two attached hydrogens (primary N) is 1. The van der Waals surface area contributed by atoms with Crippen molar-refractivity contribution in [1.82, 2.24) is 4.90 Å². The maximum absolute atomic E-state index is 5.96. The molecule has 5 rings (SSSR count). The molecule has 0 aromatic heterocycles. The van der Waals surface area contributed by atoms with Crippen LogP contribution in [0.15, 0.2) is 29.3 Å². The Bertz CT molecular complexity index is 694. The van der Waals surface area contributed by atoms with Crippen molar-refractivity contribution in [2.24, 2.45) is 16.8 Å². The predicted molar refractivity (Wildman–Crippen MR) is 101 cm³/mol. The van der Waals surface area contributed by atoms with Crippen LogP contribution in [0.2, 0.25) is 0 Å². The predicted octanol–water partition coefficient (Wildman–Crippen LogP) is 3.22. The van der Waals surface area contributed by atoms with E-state index in [-0.39, 0.29) is 11.0 Å². The minimum absolute atomic E-state index is 0.0969. The zero-order valence-electron chi connectivity index (χ0n) is 15.2. The van der Waals surface area contributed by atoms with E-state index < -0.39 is 0 Å². The first-order chi connectivity index (χ1) is 12.1. The fourth-order valence-electron chi connectivity index (χ4n) is 6.40. The fourth-order valence-corrected chi connectivity index (χ4v) is 6.40. The molecule has 2 aliphatic heterocycles. The molecule has 4 aliphatic rings. The van der Waals surface area contributed by atoms with E-state index in [1.807, 2.05) is 0 Å². The van der Waals surface area contributed by atoms with E-state index in [4.69, 9.17) is 15.5 Å². The number of aliphatic imine (C=N–C) groups is 1. The molecule has 4 nitrogen and oxygen atoms in total. The maximum atomic E-state index is 5.96. The Balaban J connectivity index is 1.56. The van der Waals surface area contributed by atoms with Crippen LogP contribution in [0.3, 0.4) is 0 Å². The number of rotatable bonds is 1. The van der Waals surface area contributed by atoms with Crippen molar-refractivity contribution in [2.75, 3.05) is 32.0 Å². The molecule has 2 heterocycles. The lowest BCUT2D eigenvalue weighted by molar-refractivity contribution is 0.0673. The fraction of sp³-hybridized carbons (Fsp3) is 0.667. The number of benzene rings is 1. The number of amidine groups is 1. The molecule has 1 aromatic carbocycles. The first-order valence-corrected chi connectivity index (χ1v) is 9.91. The van der Waals surface area contributed by atoms with Crippen LogP contribution in [-0.2, 0) is 10.2 Å². The number of ether oxygens (including phenoxy) is 1. The van der Waals surface area contributed by atoms with Gasteiger partial charge in [0.2, 0.25) is 0 Å². The minimum atomic E-state index is 0.0969. The third kappa shape index (κ3) is 2.06. The Hall–Kier alpha value is -1.55. The molecule has 2 N–H and O–H groups in total. The zero-order valence-corrected chi connectivity index (χ0v) is 15.2. The van der Waals surface area contributed by atoms with Crippen molar-refractivity contribution in [2.45, 2.75) is 50.0 Å². The third-order valence-electron chi connectivity index (χ3n) is 7.77. The van der Waals surface area contributed by atoms with Gasteiger partial charge in [-0.15, -0.1) is 0 Å². The molecule has 0 amide bonds. The van der Waals surface area contributed by atoms with Crippen LogP contribution in [0.25, 0.3) is 0 Å². The van der Waals surface area contributed by atoms with Crippen LogP contribution in [0, 0.1) is 11.8 Å². The van der Waals surface area contributed by atoms with Crippen LogP contribution in [0.5, 0.6) is 0 Å². The van der Waals surface area contributed by atoms with E-state index in [9.17, 15) is 0 Å². The van der Waals surface area contributed by atoms with Gasteiger partial charge in [-0.1, -0.05) is 19.1 Å². The third-order valence-corrected chi connectivity index (χ3v) is 7.77. The zero-order chi connectivity index (χ0) is 17.1. The van der Waals surface area contributed by atoms with Crippen molar-refractivity contribution in [1.29, 1.82) is 0 Å². The van der Waals surface area contributed by atoms with Gasteiger partial charge in [-0.3, -0.25) is 4.99 Å². The lowest BCUT2D eigenvalue weighted by Gasteiger charge is -2.48. The van der Waals surface area contributed by atoms with Gasteiger partial charge in [-0.2, -0.15) is 0 Å². The highest BCUT2D eigenvalue weighted by Gasteiger charge is 2.67. The number of hydrogen-bond acceptors (Lipinski definition) is 4. The summed E-state index contributed by atoms with van der Waals surface area (Å²) in [4.78, 5) is 8.01. The lowest BCUT2D eigenvalue weighted by Crippen LogP contribution is -2.51. The highest BCUT2D eigenvalue weighted by atomic mass is 16.5. The number of hydrogen-bond donors (Lipinski definition) is 1. The first kappa shape index (κ1) is 15.7. The molecule has 25 heavy (non-hydrogen) atoms. The smallest absolute Gasteiger partial charge is 0.0998 e. The van der Waals surface area contributed by atoms with E-state index in [0.717, 1.165) is 50.2 Å². The molecule has 4 atom stereocenters. The van der Waals surface area contributed by atoms with E-state index in [1.165, 1.54) is 37.1 Å². The SMILES string of the molecule is CC1(c2ccc(N)cc2)C2CCC(C2)C12CCC(N1CCOCC1)=N2. The van der Waals surface area contributed by atoms with Gasteiger partial charge in [-0.05, 0) is 55.2 Å². The average molecular weight is 339 g/mol. The summed E-state index contributed by atoms with van der Waals surface area (Å²) in [7, 11) is 0.